The van der Waals surface area contributed by atoms with Gasteiger partial charge in [0.05, 0.1) is 18.4 Å². The maximum Gasteiger partial charge on any atom is 0.337 e. The van der Waals surface area contributed by atoms with E-state index in [9.17, 15) is 13.2 Å². The van der Waals surface area contributed by atoms with Gasteiger partial charge in [0.1, 0.15) is 4.90 Å². The Hall–Kier alpha value is -1.25. The number of esters is 1. The summed E-state index contributed by atoms with van der Waals surface area (Å²) in [4.78, 5) is 11.4. The average Bonchev–Trinajstić information content (AvgIpc) is 2.97. The number of anilines is 1. The van der Waals surface area contributed by atoms with E-state index < -0.39 is 16.0 Å². The number of carbonyl (C=O) groups is 1. The number of hydrogen-bond donors (Lipinski definition) is 2. The first-order valence-electron chi connectivity index (χ1n) is 6.49. The minimum atomic E-state index is -3.66. The first-order valence-corrected chi connectivity index (χ1v) is 9.13. The van der Waals surface area contributed by atoms with Crippen molar-refractivity contribution in [3.8, 4) is 0 Å². The van der Waals surface area contributed by atoms with Crippen LogP contribution < -0.4 is 10.5 Å². The highest BCUT2D eigenvalue weighted by Crippen LogP contribution is 2.24. The smallest absolute Gasteiger partial charge is 0.337 e. The van der Waals surface area contributed by atoms with Gasteiger partial charge in [-0.2, -0.15) is 11.8 Å². The van der Waals surface area contributed by atoms with Crippen LogP contribution in [0.2, 0.25) is 0 Å². The zero-order chi connectivity index (χ0) is 15.5. The van der Waals surface area contributed by atoms with Gasteiger partial charge >= 0.3 is 5.97 Å². The Morgan fingerprint density at radius 3 is 2.86 bits per heavy atom. The van der Waals surface area contributed by atoms with Crippen LogP contribution in [-0.2, 0) is 14.8 Å². The van der Waals surface area contributed by atoms with Crippen molar-refractivity contribution in [2.75, 3.05) is 30.9 Å². The van der Waals surface area contributed by atoms with Crippen molar-refractivity contribution >= 4 is 33.4 Å². The summed E-state index contributed by atoms with van der Waals surface area (Å²) in [7, 11) is -2.41. The topological polar surface area (TPSA) is 98.5 Å². The highest BCUT2D eigenvalue weighted by Gasteiger charge is 2.22. The maximum atomic E-state index is 12.2. The average molecular weight is 330 g/mol. The summed E-state index contributed by atoms with van der Waals surface area (Å²) in [6.45, 7) is 0.410. The summed E-state index contributed by atoms with van der Waals surface area (Å²) in [5, 5.41) is 0. The molecule has 1 atom stereocenters. The second-order valence-electron chi connectivity index (χ2n) is 4.83. The van der Waals surface area contributed by atoms with Crippen LogP contribution in [0, 0.1) is 5.92 Å². The van der Waals surface area contributed by atoms with Crippen LogP contribution >= 0.6 is 11.8 Å². The van der Waals surface area contributed by atoms with E-state index in [2.05, 4.69) is 9.46 Å². The number of nitrogens with one attached hydrogen (secondary N) is 1. The highest BCUT2D eigenvalue weighted by atomic mass is 32.2. The lowest BCUT2D eigenvalue weighted by atomic mass is 10.1. The third-order valence-electron chi connectivity index (χ3n) is 3.31. The van der Waals surface area contributed by atoms with Crippen molar-refractivity contribution < 1.29 is 17.9 Å². The van der Waals surface area contributed by atoms with Gasteiger partial charge in [-0.15, -0.1) is 0 Å². The summed E-state index contributed by atoms with van der Waals surface area (Å²) in [6, 6.07) is 4.03. The van der Waals surface area contributed by atoms with Crippen molar-refractivity contribution in [3.05, 3.63) is 23.8 Å². The molecule has 1 fully saturated rings. The molecule has 1 unspecified atom stereocenters. The number of thioether (sulfide) groups is 1. The van der Waals surface area contributed by atoms with E-state index >= 15 is 0 Å². The minimum absolute atomic E-state index is 0.0131. The monoisotopic (exact) mass is 330 g/mol. The molecule has 1 aliphatic heterocycles. The van der Waals surface area contributed by atoms with E-state index in [4.69, 9.17) is 5.73 Å². The van der Waals surface area contributed by atoms with Gasteiger partial charge in [-0.3, -0.25) is 0 Å². The summed E-state index contributed by atoms with van der Waals surface area (Å²) in [5.41, 5.74) is 6.01. The zero-order valence-corrected chi connectivity index (χ0v) is 13.3. The largest absolute Gasteiger partial charge is 0.465 e. The van der Waals surface area contributed by atoms with Crippen LogP contribution in [0.25, 0.3) is 0 Å². The van der Waals surface area contributed by atoms with Crippen molar-refractivity contribution in [3.63, 3.8) is 0 Å². The second kappa shape index (κ2) is 6.67. The molecule has 2 rings (SSSR count). The van der Waals surface area contributed by atoms with E-state index in [1.54, 1.807) is 0 Å². The third kappa shape index (κ3) is 3.90. The number of benzene rings is 1. The van der Waals surface area contributed by atoms with Crippen LogP contribution in [0.3, 0.4) is 0 Å². The van der Waals surface area contributed by atoms with Gasteiger partial charge < -0.3 is 10.5 Å². The molecule has 3 N–H and O–H groups in total. The molecule has 1 saturated heterocycles. The highest BCUT2D eigenvalue weighted by molar-refractivity contribution is 7.99. The molecule has 0 radical (unpaired) electrons. The molecule has 1 aromatic carbocycles. The lowest BCUT2D eigenvalue weighted by molar-refractivity contribution is 0.0600. The number of sulfonamides is 1. The summed E-state index contributed by atoms with van der Waals surface area (Å²) in [5.74, 6) is 1.85. The molecule has 1 heterocycles. The molecule has 116 valence electrons. The van der Waals surface area contributed by atoms with Crippen LogP contribution in [0.1, 0.15) is 16.8 Å². The number of ether oxygens (including phenoxy) is 1. The van der Waals surface area contributed by atoms with E-state index in [0.29, 0.717) is 12.5 Å². The lowest BCUT2D eigenvalue weighted by Crippen LogP contribution is -2.30. The summed E-state index contributed by atoms with van der Waals surface area (Å²) >= 11 is 1.83. The van der Waals surface area contributed by atoms with Gasteiger partial charge in [-0.1, -0.05) is 0 Å². The fourth-order valence-electron chi connectivity index (χ4n) is 2.09. The number of rotatable bonds is 5. The van der Waals surface area contributed by atoms with E-state index in [1.807, 2.05) is 11.8 Å². The Morgan fingerprint density at radius 2 is 2.29 bits per heavy atom. The number of nitrogen functional groups attached to an aromatic ring is 1. The third-order valence-corrected chi connectivity index (χ3v) is 6.04. The zero-order valence-electron chi connectivity index (χ0n) is 11.7. The van der Waals surface area contributed by atoms with Crippen molar-refractivity contribution in [1.29, 1.82) is 0 Å². The molecule has 1 aromatic rings. The number of methoxy groups -OCH3 is 1. The lowest BCUT2D eigenvalue weighted by Gasteiger charge is -2.12. The molecule has 0 aliphatic carbocycles. The first-order chi connectivity index (χ1) is 9.94. The fraction of sp³-hybridized carbons (Fsp3) is 0.462. The predicted octanol–water partition coefficient (Wildman–Crippen LogP) is 1.09. The van der Waals surface area contributed by atoms with Crippen LogP contribution in [0.5, 0.6) is 0 Å². The maximum absolute atomic E-state index is 12.2. The van der Waals surface area contributed by atoms with Crippen molar-refractivity contribution in [2.24, 2.45) is 5.92 Å². The van der Waals surface area contributed by atoms with Gasteiger partial charge in [-0.05, 0) is 42.0 Å². The molecule has 0 amide bonds. The second-order valence-corrected chi connectivity index (χ2v) is 7.71. The van der Waals surface area contributed by atoms with Crippen LogP contribution in [0.15, 0.2) is 23.1 Å². The molecule has 21 heavy (non-hydrogen) atoms. The number of hydrogen-bond acceptors (Lipinski definition) is 6. The number of carbonyl (C=O) groups excluding carboxylic acids is 1. The molecule has 6 nitrogen and oxygen atoms in total. The quantitative estimate of drug-likeness (QED) is 0.619. The molecule has 0 saturated carbocycles. The Balaban J connectivity index is 2.13. The SMILES string of the molecule is COC(=O)c1ccc(S(=O)(=O)NCC2CCSC2)c(N)c1. The van der Waals surface area contributed by atoms with Crippen LogP contribution in [-0.4, -0.2) is 39.5 Å². The van der Waals surface area contributed by atoms with Crippen molar-refractivity contribution in [1.82, 2.24) is 4.72 Å². The normalized spacial score (nSPS) is 18.6. The Labute approximate surface area is 128 Å². The summed E-state index contributed by atoms with van der Waals surface area (Å²) in [6.07, 6.45) is 1.02. The van der Waals surface area contributed by atoms with Crippen molar-refractivity contribution in [2.45, 2.75) is 11.3 Å². The summed E-state index contributed by atoms with van der Waals surface area (Å²) < 4.78 is 31.6. The first kappa shape index (κ1) is 16.1. The van der Waals surface area contributed by atoms with Gasteiger partial charge in [0.15, 0.2) is 0 Å². The minimum Gasteiger partial charge on any atom is -0.465 e. The molecular formula is C13H18N2O4S2. The standard InChI is InChI=1S/C13H18N2O4S2/c1-19-13(16)10-2-3-12(11(14)6-10)21(17,18)15-7-9-4-5-20-8-9/h2-3,6,9,15H,4-5,7-8,14H2,1H3. The van der Waals surface area contributed by atoms with E-state index in [1.165, 1.54) is 25.3 Å². The Kier molecular flexibility index (Phi) is 5.13. The van der Waals surface area contributed by atoms with E-state index in [0.717, 1.165) is 17.9 Å². The van der Waals surface area contributed by atoms with Crippen LogP contribution in [0.4, 0.5) is 5.69 Å². The Morgan fingerprint density at radius 1 is 1.52 bits per heavy atom. The Bertz CT molecular complexity index is 625. The molecule has 0 bridgehead atoms. The van der Waals surface area contributed by atoms with Gasteiger partial charge in [-0.25, -0.2) is 17.9 Å². The van der Waals surface area contributed by atoms with E-state index in [-0.39, 0.29) is 16.1 Å². The molecule has 1 aliphatic rings. The predicted molar refractivity (Wildman–Crippen MR) is 82.8 cm³/mol. The van der Waals surface area contributed by atoms with Gasteiger partial charge in [0.2, 0.25) is 10.0 Å². The molecular weight excluding hydrogens is 312 g/mol. The van der Waals surface area contributed by atoms with Gasteiger partial charge in [0, 0.05) is 6.54 Å². The fourth-order valence-corrected chi connectivity index (χ4v) is 4.60. The molecule has 0 aromatic heterocycles. The number of nitrogens with two attached hydrogens (primary N) is 1. The van der Waals surface area contributed by atoms with Gasteiger partial charge in [0.25, 0.3) is 0 Å². The molecule has 0 spiro atoms. The molecule has 8 heteroatoms.